The van der Waals surface area contributed by atoms with Crippen LogP contribution in [0.2, 0.25) is 0 Å². The molecule has 0 saturated heterocycles. The van der Waals surface area contributed by atoms with Crippen LogP contribution in [0.4, 0.5) is 17.1 Å². The molecule has 0 aromatic heterocycles. The van der Waals surface area contributed by atoms with Crippen LogP contribution in [0.3, 0.4) is 0 Å². The number of nitro benzene ring substituents is 1. The van der Waals surface area contributed by atoms with Gasteiger partial charge in [0.1, 0.15) is 5.69 Å². The summed E-state index contributed by atoms with van der Waals surface area (Å²) in [6.45, 7) is 9.23. The van der Waals surface area contributed by atoms with Gasteiger partial charge in [0.05, 0.1) is 9.82 Å². The highest BCUT2D eigenvalue weighted by molar-refractivity contribution is 7.89. The Balaban J connectivity index is 2.42. The second-order valence-electron chi connectivity index (χ2n) is 7.70. The molecule has 2 N–H and O–H groups in total. The summed E-state index contributed by atoms with van der Waals surface area (Å²) in [4.78, 5) is 10.8. The van der Waals surface area contributed by atoms with Gasteiger partial charge in [-0.2, -0.15) is 0 Å². The summed E-state index contributed by atoms with van der Waals surface area (Å²) < 4.78 is 27.4. The predicted molar refractivity (Wildman–Crippen MR) is 107 cm³/mol. The van der Waals surface area contributed by atoms with Gasteiger partial charge in [0.15, 0.2) is 0 Å². The molecule has 0 aliphatic heterocycles. The number of sulfonamides is 1. The lowest BCUT2D eigenvalue weighted by molar-refractivity contribution is -0.384. The van der Waals surface area contributed by atoms with Gasteiger partial charge in [-0.1, -0.05) is 26.0 Å². The summed E-state index contributed by atoms with van der Waals surface area (Å²) in [6, 6.07) is 11.4. The lowest BCUT2D eigenvalue weighted by atomic mass is 10.0. The van der Waals surface area contributed by atoms with Gasteiger partial charge in [-0.05, 0) is 56.5 Å². The van der Waals surface area contributed by atoms with E-state index in [1.807, 2.05) is 18.2 Å². The standard InChI is InChI=1S/C19H25N3O4S/c1-13(2)14-7-6-8-15(11-14)20-17-10-9-16(12-18(17)22(23)24)27(25,26)21-19(3,4)5/h6-13,20-21H,1-5H3. The Hall–Kier alpha value is -2.45. The quantitative estimate of drug-likeness (QED) is 0.556. The summed E-state index contributed by atoms with van der Waals surface area (Å²) in [5.74, 6) is 0.317. The van der Waals surface area contributed by atoms with Crippen molar-refractivity contribution in [1.29, 1.82) is 0 Å². The molecule has 27 heavy (non-hydrogen) atoms. The van der Waals surface area contributed by atoms with Crippen molar-refractivity contribution in [2.24, 2.45) is 0 Å². The van der Waals surface area contributed by atoms with Gasteiger partial charge in [0.25, 0.3) is 5.69 Å². The summed E-state index contributed by atoms with van der Waals surface area (Å²) in [5.41, 5.74) is 1.03. The van der Waals surface area contributed by atoms with E-state index in [1.54, 1.807) is 26.8 Å². The molecule has 8 heteroatoms. The number of nitrogens with zero attached hydrogens (tertiary/aromatic N) is 1. The first-order valence-electron chi connectivity index (χ1n) is 8.58. The topological polar surface area (TPSA) is 101 Å². The van der Waals surface area contributed by atoms with E-state index in [-0.39, 0.29) is 16.3 Å². The fourth-order valence-electron chi connectivity index (χ4n) is 2.53. The lowest BCUT2D eigenvalue weighted by Gasteiger charge is -2.20. The molecule has 2 rings (SSSR count). The largest absolute Gasteiger partial charge is 0.350 e. The summed E-state index contributed by atoms with van der Waals surface area (Å²) >= 11 is 0. The first kappa shape index (κ1) is 20.9. The van der Waals surface area contributed by atoms with Gasteiger partial charge in [-0.15, -0.1) is 0 Å². The van der Waals surface area contributed by atoms with Crippen molar-refractivity contribution in [3.63, 3.8) is 0 Å². The molecule has 146 valence electrons. The van der Waals surface area contributed by atoms with Crippen molar-refractivity contribution in [2.75, 3.05) is 5.32 Å². The monoisotopic (exact) mass is 391 g/mol. The summed E-state index contributed by atoms with van der Waals surface area (Å²) in [5, 5.41) is 14.5. The van der Waals surface area contributed by atoms with Crippen molar-refractivity contribution in [3.8, 4) is 0 Å². The Kier molecular flexibility index (Phi) is 5.91. The fraction of sp³-hybridized carbons (Fsp3) is 0.368. The minimum atomic E-state index is -3.86. The Morgan fingerprint density at radius 2 is 1.74 bits per heavy atom. The van der Waals surface area contributed by atoms with Crippen LogP contribution in [0.1, 0.15) is 46.1 Å². The highest BCUT2D eigenvalue weighted by atomic mass is 32.2. The van der Waals surface area contributed by atoms with Crippen LogP contribution < -0.4 is 10.0 Å². The molecule has 0 unspecified atom stereocenters. The first-order chi connectivity index (χ1) is 12.4. The minimum absolute atomic E-state index is 0.148. The molecule has 0 spiro atoms. The average Bonchev–Trinajstić information content (AvgIpc) is 2.52. The molecule has 0 bridgehead atoms. The average molecular weight is 391 g/mol. The number of benzene rings is 2. The van der Waals surface area contributed by atoms with Gasteiger partial charge < -0.3 is 5.32 Å². The van der Waals surface area contributed by atoms with E-state index < -0.39 is 20.5 Å². The van der Waals surface area contributed by atoms with E-state index in [9.17, 15) is 18.5 Å². The van der Waals surface area contributed by atoms with Crippen LogP contribution in [0.15, 0.2) is 47.4 Å². The third kappa shape index (κ3) is 5.51. The van der Waals surface area contributed by atoms with Gasteiger partial charge in [-0.3, -0.25) is 10.1 Å². The normalized spacial score (nSPS) is 12.2. The molecule has 0 atom stereocenters. The molecule has 0 radical (unpaired) electrons. The van der Waals surface area contributed by atoms with Crippen LogP contribution in [0.25, 0.3) is 0 Å². The van der Waals surface area contributed by atoms with Crippen LogP contribution in [0, 0.1) is 10.1 Å². The van der Waals surface area contributed by atoms with E-state index in [0.717, 1.165) is 11.6 Å². The molecule has 0 fully saturated rings. The van der Waals surface area contributed by atoms with E-state index >= 15 is 0 Å². The minimum Gasteiger partial charge on any atom is -0.350 e. The number of anilines is 2. The van der Waals surface area contributed by atoms with Gasteiger partial charge in [0.2, 0.25) is 10.0 Å². The molecule has 0 amide bonds. The third-order valence-electron chi connectivity index (χ3n) is 3.75. The zero-order chi connectivity index (χ0) is 20.4. The van der Waals surface area contributed by atoms with Crippen LogP contribution in [-0.4, -0.2) is 18.9 Å². The highest BCUT2D eigenvalue weighted by Crippen LogP contribution is 2.31. The van der Waals surface area contributed by atoms with Gasteiger partial charge >= 0.3 is 0 Å². The zero-order valence-electron chi connectivity index (χ0n) is 16.1. The van der Waals surface area contributed by atoms with Crippen molar-refractivity contribution in [3.05, 3.63) is 58.1 Å². The number of hydrogen-bond acceptors (Lipinski definition) is 5. The maximum atomic E-state index is 12.5. The second kappa shape index (κ2) is 7.66. The smallest absolute Gasteiger partial charge is 0.294 e. The SMILES string of the molecule is CC(C)c1cccc(Nc2ccc(S(=O)(=O)NC(C)(C)C)cc2[N+](=O)[O-])c1. The highest BCUT2D eigenvalue weighted by Gasteiger charge is 2.25. The number of nitrogens with one attached hydrogen (secondary N) is 2. The van der Waals surface area contributed by atoms with Crippen molar-refractivity contribution in [1.82, 2.24) is 4.72 Å². The van der Waals surface area contributed by atoms with Gasteiger partial charge in [0, 0.05) is 17.3 Å². The predicted octanol–water partition coefficient (Wildman–Crippen LogP) is 4.54. The van der Waals surface area contributed by atoms with Crippen molar-refractivity contribution in [2.45, 2.75) is 51.0 Å². The first-order valence-corrected chi connectivity index (χ1v) is 10.1. The Labute approximate surface area is 160 Å². The number of rotatable bonds is 6. The molecule has 2 aromatic carbocycles. The molecular formula is C19H25N3O4S. The van der Waals surface area contributed by atoms with Crippen LogP contribution >= 0.6 is 0 Å². The Bertz CT molecular complexity index is 948. The molecule has 7 nitrogen and oxygen atoms in total. The van der Waals surface area contributed by atoms with Gasteiger partial charge in [-0.25, -0.2) is 13.1 Å². The maximum absolute atomic E-state index is 12.5. The Morgan fingerprint density at radius 3 is 2.30 bits per heavy atom. The molecule has 0 saturated carbocycles. The third-order valence-corrected chi connectivity index (χ3v) is 5.50. The van der Waals surface area contributed by atoms with E-state index in [0.29, 0.717) is 11.6 Å². The van der Waals surface area contributed by atoms with E-state index in [1.165, 1.54) is 12.1 Å². The van der Waals surface area contributed by atoms with Crippen LogP contribution in [-0.2, 0) is 10.0 Å². The fourth-order valence-corrected chi connectivity index (χ4v) is 3.97. The van der Waals surface area contributed by atoms with E-state index in [2.05, 4.69) is 23.9 Å². The summed E-state index contributed by atoms with van der Waals surface area (Å²) in [6.07, 6.45) is 0. The van der Waals surface area contributed by atoms with Crippen molar-refractivity contribution >= 4 is 27.1 Å². The molecule has 0 heterocycles. The molecule has 0 aliphatic carbocycles. The summed E-state index contributed by atoms with van der Waals surface area (Å²) in [7, 11) is -3.86. The second-order valence-corrected chi connectivity index (χ2v) is 9.38. The molecule has 2 aromatic rings. The maximum Gasteiger partial charge on any atom is 0.294 e. The molecular weight excluding hydrogens is 366 g/mol. The lowest BCUT2D eigenvalue weighted by Crippen LogP contribution is -2.40. The Morgan fingerprint density at radius 1 is 1.07 bits per heavy atom. The van der Waals surface area contributed by atoms with E-state index in [4.69, 9.17) is 0 Å². The number of hydrogen-bond donors (Lipinski definition) is 2. The molecule has 0 aliphatic rings. The van der Waals surface area contributed by atoms with Crippen LogP contribution in [0.5, 0.6) is 0 Å². The van der Waals surface area contributed by atoms with Crippen molar-refractivity contribution < 1.29 is 13.3 Å². The zero-order valence-corrected chi connectivity index (χ0v) is 16.9. The number of nitro groups is 1.